The van der Waals surface area contributed by atoms with E-state index in [2.05, 4.69) is 25.9 Å². The lowest BCUT2D eigenvalue weighted by Gasteiger charge is -2.24. The summed E-state index contributed by atoms with van der Waals surface area (Å²) in [5.74, 6) is -0.452. The van der Waals surface area contributed by atoms with Gasteiger partial charge in [0.1, 0.15) is 17.2 Å². The van der Waals surface area contributed by atoms with E-state index in [4.69, 9.17) is 4.74 Å². The molecule has 1 aromatic carbocycles. The maximum atomic E-state index is 12.8. The van der Waals surface area contributed by atoms with Crippen LogP contribution in [0.3, 0.4) is 0 Å². The highest BCUT2D eigenvalue weighted by atomic mass is 32.1. The van der Waals surface area contributed by atoms with Crippen LogP contribution in [0.2, 0.25) is 0 Å². The Morgan fingerprint density at radius 2 is 2.22 bits per heavy atom. The predicted molar refractivity (Wildman–Crippen MR) is 118 cm³/mol. The van der Waals surface area contributed by atoms with Crippen LogP contribution in [0, 0.1) is 0 Å². The first-order valence-electron chi connectivity index (χ1n) is 10.2. The fraction of sp³-hybridized carbons (Fsp3) is 0.333. The number of thiophene rings is 1. The molecule has 2 unspecified atom stereocenters. The van der Waals surface area contributed by atoms with Gasteiger partial charge in [-0.1, -0.05) is 6.07 Å². The Hall–Kier alpha value is -3.44. The number of amides is 2. The molecule has 2 amide bonds. The molecule has 0 saturated carbocycles. The molecule has 0 saturated heterocycles. The highest BCUT2D eigenvalue weighted by molar-refractivity contribution is 7.18. The van der Waals surface area contributed by atoms with Crippen molar-refractivity contribution in [2.75, 3.05) is 19.0 Å². The number of nitrogens with one attached hydrogen (secondary N) is 4. The number of ether oxygens (including phenoxy) is 1. The lowest BCUT2D eigenvalue weighted by atomic mass is 10.0. The summed E-state index contributed by atoms with van der Waals surface area (Å²) in [6, 6.07) is 5.35. The van der Waals surface area contributed by atoms with Gasteiger partial charge in [0.05, 0.1) is 17.0 Å². The van der Waals surface area contributed by atoms with E-state index in [9.17, 15) is 19.5 Å². The highest BCUT2D eigenvalue weighted by Crippen LogP contribution is 2.42. The smallest absolute Gasteiger partial charge is 0.287 e. The number of aliphatic hydroxyl groups excluding tert-OH is 1. The van der Waals surface area contributed by atoms with Crippen molar-refractivity contribution in [3.63, 3.8) is 0 Å². The molecule has 32 heavy (non-hydrogen) atoms. The Labute approximate surface area is 186 Å². The van der Waals surface area contributed by atoms with Gasteiger partial charge >= 0.3 is 0 Å². The number of H-pyrrole nitrogens is 1. The van der Waals surface area contributed by atoms with Gasteiger partial charge in [-0.2, -0.15) is 0 Å². The maximum absolute atomic E-state index is 12.8. The fourth-order valence-corrected chi connectivity index (χ4v) is 5.42. The predicted octanol–water partition coefficient (Wildman–Crippen LogP) is 0.813. The molecule has 11 heteroatoms. The number of likely N-dealkylation sites (N-methyl/N-ethyl adjacent to an activating group) is 1. The lowest BCUT2D eigenvalue weighted by molar-refractivity contribution is -0.122. The number of hydrogen-bond donors (Lipinski definition) is 5. The third kappa shape index (κ3) is 3.49. The van der Waals surface area contributed by atoms with Crippen LogP contribution in [0.15, 0.2) is 23.0 Å². The normalized spacial score (nSPS) is 18.9. The van der Waals surface area contributed by atoms with Gasteiger partial charge in [-0.25, -0.2) is 4.98 Å². The second-order valence-electron chi connectivity index (χ2n) is 7.72. The van der Waals surface area contributed by atoms with Crippen LogP contribution in [0.5, 0.6) is 5.75 Å². The number of rotatable bonds is 4. The summed E-state index contributed by atoms with van der Waals surface area (Å²) >= 11 is 1.36. The van der Waals surface area contributed by atoms with Crippen LogP contribution >= 0.6 is 11.3 Å². The van der Waals surface area contributed by atoms with Crippen molar-refractivity contribution >= 4 is 39.1 Å². The molecule has 0 fully saturated rings. The number of aromatic nitrogens is 2. The molecule has 1 aliphatic heterocycles. The van der Waals surface area contributed by atoms with Gasteiger partial charge < -0.3 is 30.8 Å². The lowest BCUT2D eigenvalue weighted by Crippen LogP contribution is -2.31. The van der Waals surface area contributed by atoms with Crippen molar-refractivity contribution < 1.29 is 19.4 Å². The zero-order chi connectivity index (χ0) is 22.4. The zero-order valence-corrected chi connectivity index (χ0v) is 18.0. The van der Waals surface area contributed by atoms with Gasteiger partial charge in [0.15, 0.2) is 6.23 Å². The van der Waals surface area contributed by atoms with Gasteiger partial charge in [-0.3, -0.25) is 14.4 Å². The molecule has 5 rings (SSSR count). The largest absolute Gasteiger partial charge is 0.487 e. The summed E-state index contributed by atoms with van der Waals surface area (Å²) in [6.07, 6.45) is 0.583. The zero-order valence-electron chi connectivity index (χ0n) is 17.2. The summed E-state index contributed by atoms with van der Waals surface area (Å²) in [6.45, 7) is 0.367. The van der Waals surface area contributed by atoms with E-state index in [0.717, 1.165) is 16.0 Å². The second kappa shape index (κ2) is 7.92. The standard InChI is InChI=1S/C21H21N5O5S/c1-22-18(28)10-3-5-13-15(10)16-19(29)25-17(26-21(16)32-13)20(30)23-7-9-2-4-12-11(6-9)24-14(27)8-31-12/h2,4,6,10,14,24,27H,3,5,7-8H2,1H3,(H,22,28)(H,23,30)(H,25,26,29). The third-order valence-electron chi connectivity index (χ3n) is 5.68. The van der Waals surface area contributed by atoms with Crippen LogP contribution in [0.1, 0.15) is 39.0 Å². The molecule has 0 spiro atoms. The van der Waals surface area contributed by atoms with Crippen molar-refractivity contribution in [2.45, 2.75) is 31.5 Å². The van der Waals surface area contributed by atoms with Crippen molar-refractivity contribution in [2.24, 2.45) is 0 Å². The second-order valence-corrected chi connectivity index (χ2v) is 8.81. The summed E-state index contributed by atoms with van der Waals surface area (Å²) in [5.41, 5.74) is 1.74. The molecule has 2 aromatic heterocycles. The molecule has 0 radical (unpaired) electrons. The molecule has 10 nitrogen and oxygen atoms in total. The number of aliphatic hydroxyl groups is 1. The van der Waals surface area contributed by atoms with E-state index in [1.807, 2.05) is 0 Å². The molecule has 1 aliphatic carbocycles. The van der Waals surface area contributed by atoms with Crippen molar-refractivity contribution in [1.82, 2.24) is 20.6 Å². The molecule has 166 valence electrons. The molecule has 5 N–H and O–H groups in total. The molecular formula is C21H21N5O5S. The number of carbonyl (C=O) groups excluding carboxylic acids is 2. The highest BCUT2D eigenvalue weighted by Gasteiger charge is 2.34. The molecule has 2 atom stereocenters. The van der Waals surface area contributed by atoms with E-state index in [1.165, 1.54) is 11.3 Å². The average molecular weight is 455 g/mol. The van der Waals surface area contributed by atoms with E-state index in [1.54, 1.807) is 25.2 Å². The van der Waals surface area contributed by atoms with Crippen LogP contribution in [0.25, 0.3) is 10.2 Å². The summed E-state index contributed by atoms with van der Waals surface area (Å²) in [4.78, 5) is 46.0. The van der Waals surface area contributed by atoms with Gasteiger partial charge in [0.2, 0.25) is 11.7 Å². The minimum absolute atomic E-state index is 0.0752. The van der Waals surface area contributed by atoms with E-state index in [-0.39, 0.29) is 30.8 Å². The Bertz CT molecular complexity index is 1300. The van der Waals surface area contributed by atoms with Crippen LogP contribution in [0.4, 0.5) is 5.69 Å². The third-order valence-corrected chi connectivity index (χ3v) is 6.84. The van der Waals surface area contributed by atoms with Crippen LogP contribution < -0.4 is 26.2 Å². The monoisotopic (exact) mass is 455 g/mol. The average Bonchev–Trinajstić information content (AvgIpc) is 3.35. The van der Waals surface area contributed by atoms with Gasteiger partial charge in [0.25, 0.3) is 11.5 Å². The Balaban J connectivity index is 1.37. The topological polar surface area (TPSA) is 145 Å². The number of carbonyl (C=O) groups is 2. The summed E-state index contributed by atoms with van der Waals surface area (Å²) < 4.78 is 5.42. The molecule has 0 bridgehead atoms. The number of fused-ring (bicyclic) bond motifs is 4. The SMILES string of the molecule is CNC(=O)C1CCc2sc3nc(C(=O)NCc4ccc5c(c4)NC(O)CO5)[nH]c(=O)c3c21. The van der Waals surface area contributed by atoms with Gasteiger partial charge in [-0.15, -0.1) is 11.3 Å². The number of nitrogens with zero attached hydrogens (tertiary/aromatic N) is 1. The van der Waals surface area contributed by atoms with Gasteiger partial charge in [0, 0.05) is 18.5 Å². The van der Waals surface area contributed by atoms with Gasteiger partial charge in [-0.05, 0) is 36.1 Å². The maximum Gasteiger partial charge on any atom is 0.287 e. The number of aromatic amines is 1. The summed E-state index contributed by atoms with van der Waals surface area (Å²) in [5, 5.41) is 18.4. The van der Waals surface area contributed by atoms with E-state index < -0.39 is 17.7 Å². The quantitative estimate of drug-likeness (QED) is 0.391. The molecule has 3 heterocycles. The van der Waals surface area contributed by atoms with E-state index in [0.29, 0.717) is 34.5 Å². The minimum atomic E-state index is -0.788. The van der Waals surface area contributed by atoms with Crippen molar-refractivity contribution in [3.05, 3.63) is 50.4 Å². The first kappa shape index (κ1) is 20.5. The molecular weight excluding hydrogens is 434 g/mol. The van der Waals surface area contributed by atoms with Crippen molar-refractivity contribution in [3.8, 4) is 5.75 Å². The van der Waals surface area contributed by atoms with Crippen LogP contribution in [-0.4, -0.2) is 46.8 Å². The fourth-order valence-electron chi connectivity index (χ4n) is 4.17. The van der Waals surface area contributed by atoms with Crippen molar-refractivity contribution in [1.29, 1.82) is 0 Å². The minimum Gasteiger partial charge on any atom is -0.487 e. The summed E-state index contributed by atoms with van der Waals surface area (Å²) in [7, 11) is 1.58. The number of anilines is 1. The Morgan fingerprint density at radius 3 is 3.03 bits per heavy atom. The number of benzene rings is 1. The first-order valence-corrected chi connectivity index (χ1v) is 11.0. The number of aryl methyl sites for hydroxylation is 1. The first-order chi connectivity index (χ1) is 15.4. The number of hydrogen-bond acceptors (Lipinski definition) is 8. The Kier molecular flexibility index (Phi) is 5.06. The van der Waals surface area contributed by atoms with E-state index >= 15 is 0 Å². The molecule has 3 aromatic rings. The molecule has 2 aliphatic rings. The van der Waals surface area contributed by atoms with Crippen LogP contribution in [-0.2, 0) is 17.8 Å². The Morgan fingerprint density at radius 1 is 1.38 bits per heavy atom.